The lowest BCUT2D eigenvalue weighted by Gasteiger charge is -2.40. The normalized spacial score (nSPS) is 23.3. The number of piperazine rings is 1. The minimum absolute atomic E-state index is 0.0114. The molecular formula is C44H46FN5O5. The summed E-state index contributed by atoms with van der Waals surface area (Å²) in [5.74, 6) is 0.494. The number of amides is 3. The molecule has 2 N–H and O–H groups in total. The Balaban J connectivity index is 0.783. The molecule has 5 heterocycles. The molecule has 0 aromatic heterocycles. The SMILES string of the molecule is O=C1CC[C@H](N2Cc3cc(N4CCN(CC5CCN(c6ccc([C@H]7c8ccc(O)cc8OC[C@H]7c7ccc(F)cc7)cc6)CC5)CC4)ccc3C2=O)C(=O)N1. The first-order valence-electron chi connectivity index (χ1n) is 19.6. The van der Waals surface area contributed by atoms with Gasteiger partial charge in [-0.05, 0) is 90.4 Å². The zero-order valence-corrected chi connectivity index (χ0v) is 30.8. The van der Waals surface area contributed by atoms with Crippen LogP contribution in [0.15, 0.2) is 84.9 Å². The van der Waals surface area contributed by atoms with Gasteiger partial charge < -0.3 is 24.5 Å². The van der Waals surface area contributed by atoms with E-state index in [4.69, 9.17) is 4.74 Å². The molecule has 3 fully saturated rings. The summed E-state index contributed by atoms with van der Waals surface area (Å²) < 4.78 is 19.9. The van der Waals surface area contributed by atoms with E-state index in [0.717, 1.165) is 81.0 Å². The number of aromatic hydroxyl groups is 1. The first-order valence-corrected chi connectivity index (χ1v) is 19.6. The fourth-order valence-corrected chi connectivity index (χ4v) is 9.39. The van der Waals surface area contributed by atoms with Crippen molar-refractivity contribution in [3.8, 4) is 11.5 Å². The molecular weight excluding hydrogens is 698 g/mol. The minimum Gasteiger partial charge on any atom is -0.508 e. The van der Waals surface area contributed by atoms with Crippen LogP contribution in [0.4, 0.5) is 15.8 Å². The first kappa shape index (κ1) is 35.3. The number of hydrogen-bond donors (Lipinski definition) is 2. The highest BCUT2D eigenvalue weighted by atomic mass is 19.1. The smallest absolute Gasteiger partial charge is 0.255 e. The Bertz CT molecular complexity index is 2090. The lowest BCUT2D eigenvalue weighted by molar-refractivity contribution is -0.136. The molecule has 10 nitrogen and oxygen atoms in total. The predicted octanol–water partition coefficient (Wildman–Crippen LogP) is 5.64. The summed E-state index contributed by atoms with van der Waals surface area (Å²) in [7, 11) is 0. The van der Waals surface area contributed by atoms with Crippen molar-refractivity contribution in [3.05, 3.63) is 119 Å². The number of nitrogens with one attached hydrogen (secondary N) is 1. The molecule has 3 atom stereocenters. The fraction of sp³-hybridized carbons (Fsp3) is 0.386. The van der Waals surface area contributed by atoms with Gasteiger partial charge in [0.15, 0.2) is 0 Å². The third kappa shape index (κ3) is 7.01. The molecule has 9 rings (SSSR count). The van der Waals surface area contributed by atoms with Crippen molar-refractivity contribution in [2.45, 2.75) is 50.1 Å². The summed E-state index contributed by atoms with van der Waals surface area (Å²) in [6, 6.07) is 26.4. The zero-order chi connectivity index (χ0) is 37.6. The molecule has 0 unspecified atom stereocenters. The van der Waals surface area contributed by atoms with Crippen molar-refractivity contribution in [3.63, 3.8) is 0 Å². The molecule has 5 aliphatic rings. The molecule has 0 aliphatic carbocycles. The highest BCUT2D eigenvalue weighted by molar-refractivity contribution is 6.05. The van der Waals surface area contributed by atoms with Crippen LogP contribution in [0.3, 0.4) is 0 Å². The number of phenolic OH excluding ortho intramolecular Hbond substituents is 1. The van der Waals surface area contributed by atoms with E-state index in [2.05, 4.69) is 50.3 Å². The number of phenols is 1. The molecule has 284 valence electrons. The van der Waals surface area contributed by atoms with Crippen molar-refractivity contribution in [2.75, 3.05) is 62.2 Å². The maximum Gasteiger partial charge on any atom is 0.255 e. The molecule has 0 radical (unpaired) electrons. The Morgan fingerprint density at radius 2 is 1.47 bits per heavy atom. The predicted molar refractivity (Wildman–Crippen MR) is 207 cm³/mol. The van der Waals surface area contributed by atoms with Gasteiger partial charge in [0.1, 0.15) is 23.4 Å². The Morgan fingerprint density at radius 3 is 2.22 bits per heavy atom. The van der Waals surface area contributed by atoms with Gasteiger partial charge in [0.25, 0.3) is 5.91 Å². The molecule has 0 bridgehead atoms. The number of anilines is 2. The fourth-order valence-electron chi connectivity index (χ4n) is 9.39. The van der Waals surface area contributed by atoms with E-state index in [0.29, 0.717) is 36.8 Å². The van der Waals surface area contributed by atoms with E-state index in [9.17, 15) is 23.9 Å². The van der Waals surface area contributed by atoms with Gasteiger partial charge in [-0.1, -0.05) is 30.3 Å². The Morgan fingerprint density at radius 1 is 0.764 bits per heavy atom. The van der Waals surface area contributed by atoms with Gasteiger partial charge >= 0.3 is 0 Å². The minimum atomic E-state index is -0.598. The average molecular weight is 744 g/mol. The van der Waals surface area contributed by atoms with Gasteiger partial charge in [0.05, 0.1) is 6.61 Å². The number of ether oxygens (including phenoxy) is 1. The van der Waals surface area contributed by atoms with Crippen LogP contribution >= 0.6 is 0 Å². The molecule has 4 aromatic carbocycles. The number of fused-ring (bicyclic) bond motifs is 2. The molecule has 4 aromatic rings. The van der Waals surface area contributed by atoms with Gasteiger partial charge in [-0.2, -0.15) is 0 Å². The van der Waals surface area contributed by atoms with Crippen molar-refractivity contribution in [1.82, 2.24) is 15.1 Å². The lowest BCUT2D eigenvalue weighted by Crippen LogP contribution is -2.52. The lowest BCUT2D eigenvalue weighted by atomic mass is 9.76. The van der Waals surface area contributed by atoms with E-state index in [1.807, 2.05) is 30.3 Å². The molecule has 0 spiro atoms. The number of imide groups is 1. The van der Waals surface area contributed by atoms with Crippen LogP contribution < -0.4 is 19.9 Å². The molecule has 11 heteroatoms. The summed E-state index contributed by atoms with van der Waals surface area (Å²) in [6.45, 7) is 7.82. The van der Waals surface area contributed by atoms with E-state index in [-0.39, 0.29) is 47.5 Å². The number of piperidine rings is 2. The monoisotopic (exact) mass is 743 g/mol. The Hall–Kier alpha value is -5.42. The summed E-state index contributed by atoms with van der Waals surface area (Å²) in [6.07, 6.45) is 2.91. The third-order valence-corrected chi connectivity index (χ3v) is 12.4. The van der Waals surface area contributed by atoms with Crippen LogP contribution in [0.5, 0.6) is 11.5 Å². The zero-order valence-electron chi connectivity index (χ0n) is 30.8. The van der Waals surface area contributed by atoms with Gasteiger partial charge in [-0.3, -0.25) is 24.6 Å². The molecule has 3 amide bonds. The summed E-state index contributed by atoms with van der Waals surface area (Å²) in [5.41, 5.74) is 7.15. The number of hydrogen-bond acceptors (Lipinski definition) is 8. The maximum atomic E-state index is 13.8. The van der Waals surface area contributed by atoms with Crippen LogP contribution in [0, 0.1) is 11.7 Å². The summed E-state index contributed by atoms with van der Waals surface area (Å²) in [5, 5.41) is 12.5. The summed E-state index contributed by atoms with van der Waals surface area (Å²) in [4.78, 5) is 46.3. The van der Waals surface area contributed by atoms with E-state index < -0.39 is 6.04 Å². The largest absolute Gasteiger partial charge is 0.508 e. The average Bonchev–Trinajstić information content (AvgIpc) is 3.53. The first-order chi connectivity index (χ1) is 26.8. The van der Waals surface area contributed by atoms with E-state index >= 15 is 0 Å². The molecule has 0 saturated carbocycles. The number of nitrogens with zero attached hydrogens (tertiary/aromatic N) is 4. The standard InChI is InChI=1S/C44H46FN5O5/c45-32-5-1-29(2-6-32)38-27-55-40-24-35(51)10-12-37(40)42(38)30-3-7-33(8-4-30)48-17-15-28(16-18-48)25-47-19-21-49(22-20-47)34-9-11-36-31(23-34)26-50(44(36)54)39-13-14-41(52)46-43(39)53/h1-12,23-24,28,38-39,42,51H,13-22,25-27H2,(H,46,52,53)/t38-,39-,42-/m0/s1. The number of rotatable bonds is 7. The van der Waals surface area contributed by atoms with Crippen molar-refractivity contribution in [2.24, 2.45) is 5.92 Å². The van der Waals surface area contributed by atoms with Crippen molar-refractivity contribution >= 4 is 29.1 Å². The second-order valence-corrected chi connectivity index (χ2v) is 15.7. The van der Waals surface area contributed by atoms with Gasteiger partial charge in [0.2, 0.25) is 11.8 Å². The van der Waals surface area contributed by atoms with Crippen LogP contribution in [0.1, 0.15) is 70.1 Å². The van der Waals surface area contributed by atoms with Crippen LogP contribution in [0.2, 0.25) is 0 Å². The molecule has 5 aliphatic heterocycles. The highest BCUT2D eigenvalue weighted by Gasteiger charge is 2.39. The number of benzene rings is 4. The number of carbonyl (C=O) groups is 3. The van der Waals surface area contributed by atoms with E-state index in [1.165, 1.54) is 23.4 Å². The quantitative estimate of drug-likeness (QED) is 0.235. The Labute approximate surface area is 320 Å². The summed E-state index contributed by atoms with van der Waals surface area (Å²) >= 11 is 0. The number of carbonyl (C=O) groups excluding carboxylic acids is 3. The second-order valence-electron chi connectivity index (χ2n) is 15.7. The molecule has 3 saturated heterocycles. The Kier molecular flexibility index (Phi) is 9.41. The van der Waals surface area contributed by atoms with E-state index in [1.54, 1.807) is 17.0 Å². The topological polar surface area (TPSA) is 106 Å². The third-order valence-electron chi connectivity index (χ3n) is 12.4. The van der Waals surface area contributed by atoms with Gasteiger partial charge in [-0.25, -0.2) is 4.39 Å². The molecule has 55 heavy (non-hydrogen) atoms. The number of halogens is 1. The van der Waals surface area contributed by atoms with Crippen molar-refractivity contribution < 1.29 is 28.6 Å². The van der Waals surface area contributed by atoms with Gasteiger partial charge in [0, 0.05) is 99.2 Å². The van der Waals surface area contributed by atoms with Crippen LogP contribution in [0.25, 0.3) is 0 Å². The van der Waals surface area contributed by atoms with Gasteiger partial charge in [-0.15, -0.1) is 0 Å². The van der Waals surface area contributed by atoms with Crippen LogP contribution in [-0.2, 0) is 16.1 Å². The highest BCUT2D eigenvalue weighted by Crippen LogP contribution is 2.47. The van der Waals surface area contributed by atoms with Crippen molar-refractivity contribution in [1.29, 1.82) is 0 Å². The second kappa shape index (κ2) is 14.7. The van der Waals surface area contributed by atoms with Crippen LogP contribution in [-0.4, -0.2) is 91.1 Å². The maximum absolute atomic E-state index is 13.8.